The number of carboxylic acid groups (broad SMARTS) is 6. The topological polar surface area (TPSA) is 190 Å². The first-order valence-corrected chi connectivity index (χ1v) is 1.84. The summed E-state index contributed by atoms with van der Waals surface area (Å²) in [7, 11) is 0. The summed E-state index contributed by atoms with van der Waals surface area (Å²) < 4.78 is 0. The van der Waals surface area contributed by atoms with Crippen LogP contribution in [0.2, 0.25) is 0 Å². The van der Waals surface area contributed by atoms with Gasteiger partial charge in [0.05, 0.1) is 0 Å². The molecule has 0 aromatic heterocycles. The summed E-state index contributed by atoms with van der Waals surface area (Å²) in [6.45, 7) is 0. The number of hydrogen-bond acceptors (Lipinski definition) is 9. The van der Waals surface area contributed by atoms with E-state index in [4.69, 9.17) is 45.0 Å². The first-order valence-electron chi connectivity index (χ1n) is 1.84. The minimum atomic E-state index is -2.33. The predicted molar refractivity (Wildman–Crippen MR) is 29.1 cm³/mol. The third kappa shape index (κ3) is 1140. The van der Waals surface area contributed by atoms with Crippen molar-refractivity contribution in [1.29, 1.82) is 0 Å². The molecule has 15 heavy (non-hydrogen) atoms. The molecule has 0 unspecified atom stereocenters. The fraction of sp³-hybridized carbons (Fsp3) is 0. The van der Waals surface area contributed by atoms with Crippen molar-refractivity contribution >= 4 is 108 Å². The molecule has 0 spiro atoms. The second-order valence-electron chi connectivity index (χ2n) is 0.750. The molecule has 0 N–H and O–H groups in total. The van der Waals surface area contributed by atoms with E-state index in [1.165, 1.54) is 0 Å². The monoisotopic (exact) mass is 350 g/mol. The van der Waals surface area contributed by atoms with Crippen LogP contribution < -0.4 is 30.6 Å². The van der Waals surface area contributed by atoms with Crippen molar-refractivity contribution in [2.75, 3.05) is 0 Å². The van der Waals surface area contributed by atoms with Gasteiger partial charge in [-0.1, -0.05) is 0 Å². The molecular formula is C3HCaKO9Zr. The van der Waals surface area contributed by atoms with Crippen LogP contribution in [0.5, 0.6) is 0 Å². The van der Waals surface area contributed by atoms with Gasteiger partial charge in [0.1, 0.15) is 0 Å². The van der Waals surface area contributed by atoms with Crippen LogP contribution in [0.3, 0.4) is 0 Å². The predicted octanol–water partition coefficient (Wildman–Crippen LogP) is -8.37. The maximum absolute atomic E-state index is 8.33. The van der Waals surface area contributed by atoms with Crippen LogP contribution in [0, 0.1) is 0 Å². The molecule has 0 saturated carbocycles. The van der Waals surface area contributed by atoms with E-state index >= 15 is 0 Å². The molecule has 0 bridgehead atoms. The van der Waals surface area contributed by atoms with Crippen LogP contribution in [-0.4, -0.2) is 108 Å². The maximum Gasteiger partial charge on any atom is 4.00 e. The summed E-state index contributed by atoms with van der Waals surface area (Å²) in [5.74, 6) is 0. The Morgan fingerprint density at radius 3 is 0.600 bits per heavy atom. The van der Waals surface area contributed by atoms with E-state index in [9.17, 15) is 0 Å². The molecule has 0 saturated heterocycles. The summed E-state index contributed by atoms with van der Waals surface area (Å²) in [6, 6.07) is 0. The van der Waals surface area contributed by atoms with Crippen LogP contribution in [0.25, 0.3) is 0 Å². The van der Waals surface area contributed by atoms with Gasteiger partial charge in [-0.2, -0.15) is 0 Å². The normalized spacial score (nSPS) is 4.80. The SMILES string of the molecule is O=C([O-])[O-].O=C([O-])[O-].O=C([O-])[O-].[Ca+2].[KH].[Zr+4]. The smallest absolute Gasteiger partial charge is 4.00 e. The molecule has 0 rings (SSSR count). The zero-order valence-electron chi connectivity index (χ0n) is 6.38. The van der Waals surface area contributed by atoms with Crippen LogP contribution in [-0.2, 0) is 26.2 Å². The molecule has 0 aliphatic rings. The van der Waals surface area contributed by atoms with Gasteiger partial charge in [0.2, 0.25) is 0 Å². The Morgan fingerprint density at radius 2 is 0.600 bits per heavy atom. The molecule has 0 radical (unpaired) electrons. The first kappa shape index (κ1) is 36.0. The van der Waals surface area contributed by atoms with Gasteiger partial charge in [0.25, 0.3) is 0 Å². The Bertz CT molecular complexity index is 123. The minimum Gasteiger partial charge on any atom is 4.00 e. The second-order valence-corrected chi connectivity index (χ2v) is 0.750. The third-order valence-electron chi connectivity index (χ3n) is 0. The zero-order chi connectivity index (χ0) is 10.7. The van der Waals surface area contributed by atoms with Crippen molar-refractivity contribution in [3.63, 3.8) is 0 Å². The van der Waals surface area contributed by atoms with E-state index in [0.29, 0.717) is 0 Å². The van der Waals surface area contributed by atoms with Gasteiger partial charge < -0.3 is 45.0 Å². The average Bonchev–Trinajstić information content (AvgIpc) is 1.54. The Labute approximate surface area is 175 Å². The third-order valence-corrected chi connectivity index (χ3v) is 0. The molecule has 74 valence electrons. The van der Waals surface area contributed by atoms with Gasteiger partial charge in [-0.15, -0.1) is 0 Å². The molecule has 9 nitrogen and oxygen atoms in total. The standard InChI is InChI=1S/3CH2O3.Ca.K.Zr.H/c3*2-1(3)4;;;;/h3*(H2,2,3,4);;;;/q;;;+2;;+4;/p-6. The fourth-order valence-corrected chi connectivity index (χ4v) is 0. The second kappa shape index (κ2) is 29.6. The molecule has 0 atom stereocenters. The number of rotatable bonds is 0. The molecule has 0 aromatic rings. The van der Waals surface area contributed by atoms with Gasteiger partial charge in [0, 0.05) is 0 Å². The summed E-state index contributed by atoms with van der Waals surface area (Å²) in [6.07, 6.45) is -7.00. The van der Waals surface area contributed by atoms with Crippen LogP contribution in [0.1, 0.15) is 0 Å². The molecule has 0 aliphatic heterocycles. The summed E-state index contributed by atoms with van der Waals surface area (Å²) in [5, 5.41) is 50.0. The van der Waals surface area contributed by atoms with Crippen molar-refractivity contribution < 1.29 is 71.2 Å². The molecule has 12 heteroatoms. The largest absolute Gasteiger partial charge is 4.00 e. The van der Waals surface area contributed by atoms with Crippen molar-refractivity contribution in [3.05, 3.63) is 0 Å². The average molecular weight is 351 g/mol. The van der Waals surface area contributed by atoms with E-state index in [-0.39, 0.29) is 115 Å². The number of carbonyl (C=O) groups is 3. The Balaban J connectivity index is -0.0000000184. The van der Waals surface area contributed by atoms with Gasteiger partial charge in [-0.3, -0.25) is 0 Å². The van der Waals surface area contributed by atoms with E-state index in [0.717, 1.165) is 0 Å². The van der Waals surface area contributed by atoms with Crippen molar-refractivity contribution in [2.45, 2.75) is 0 Å². The number of hydrogen-bond donors (Lipinski definition) is 0. The van der Waals surface area contributed by atoms with Gasteiger partial charge in [0.15, 0.2) is 0 Å². The first-order chi connectivity index (χ1) is 5.20. The Morgan fingerprint density at radius 1 is 0.600 bits per heavy atom. The quantitative estimate of drug-likeness (QED) is 0.381. The Kier molecular flexibility index (Phi) is 70.9. The summed E-state index contributed by atoms with van der Waals surface area (Å²) >= 11 is 0. The molecule has 0 fully saturated rings. The van der Waals surface area contributed by atoms with Crippen molar-refractivity contribution in [3.8, 4) is 0 Å². The molecule has 0 amide bonds. The number of carbonyl (C=O) groups excluding carboxylic acids is 3. The van der Waals surface area contributed by atoms with E-state index in [1.54, 1.807) is 0 Å². The molecule has 0 heterocycles. The van der Waals surface area contributed by atoms with Crippen LogP contribution >= 0.6 is 0 Å². The van der Waals surface area contributed by atoms with Gasteiger partial charge in [-0.25, -0.2) is 0 Å². The summed E-state index contributed by atoms with van der Waals surface area (Å²) in [4.78, 5) is 25.0. The van der Waals surface area contributed by atoms with Crippen LogP contribution in [0.4, 0.5) is 14.4 Å². The van der Waals surface area contributed by atoms with Gasteiger partial charge in [-0.05, 0) is 18.5 Å². The molecule has 0 aromatic carbocycles. The van der Waals surface area contributed by atoms with Crippen molar-refractivity contribution in [1.82, 2.24) is 0 Å². The molecule has 0 aliphatic carbocycles. The summed E-state index contributed by atoms with van der Waals surface area (Å²) in [5.41, 5.74) is 0. The fourth-order valence-electron chi connectivity index (χ4n) is 0. The van der Waals surface area contributed by atoms with E-state index < -0.39 is 18.5 Å². The van der Waals surface area contributed by atoms with Crippen LogP contribution in [0.15, 0.2) is 0 Å². The van der Waals surface area contributed by atoms with Crippen molar-refractivity contribution in [2.24, 2.45) is 0 Å². The zero-order valence-corrected chi connectivity index (χ0v) is 11.0. The minimum absolute atomic E-state index is 0. The Hall–Kier alpha value is 1.59. The van der Waals surface area contributed by atoms with Gasteiger partial charge >= 0.3 is 115 Å². The maximum atomic E-state index is 8.33. The van der Waals surface area contributed by atoms with E-state index in [1.807, 2.05) is 0 Å². The molecular weight excluding hydrogens is 350 g/mol. The van der Waals surface area contributed by atoms with E-state index in [2.05, 4.69) is 0 Å².